The maximum atomic E-state index is 12.8. The fraction of sp³-hybridized carbons (Fsp3) is 0.842. The van der Waals surface area contributed by atoms with Crippen molar-refractivity contribution in [3.63, 3.8) is 0 Å². The summed E-state index contributed by atoms with van der Waals surface area (Å²) < 4.78 is 1.85. The molecule has 1 saturated heterocycles. The molecule has 1 aromatic rings. The number of piperidine rings is 1. The summed E-state index contributed by atoms with van der Waals surface area (Å²) in [6.45, 7) is 3.01. The highest BCUT2D eigenvalue weighted by Gasteiger charge is 2.51. The second-order valence-electron chi connectivity index (χ2n) is 9.19. The normalized spacial score (nSPS) is 39.5. The molecule has 6 heteroatoms. The Kier molecular flexibility index (Phi) is 3.84. The van der Waals surface area contributed by atoms with Gasteiger partial charge < -0.3 is 10.6 Å². The Bertz CT molecular complexity index is 613. The van der Waals surface area contributed by atoms with Gasteiger partial charge in [-0.15, -0.1) is 5.10 Å². The number of carbonyl (C=O) groups is 1. The van der Waals surface area contributed by atoms with Gasteiger partial charge in [0.1, 0.15) is 0 Å². The molecule has 0 spiro atoms. The summed E-state index contributed by atoms with van der Waals surface area (Å²) in [4.78, 5) is 12.8. The number of nitrogens with zero attached hydrogens (tertiary/aromatic N) is 3. The Labute approximate surface area is 149 Å². The van der Waals surface area contributed by atoms with Crippen molar-refractivity contribution in [1.82, 2.24) is 25.6 Å². The molecule has 1 amide bonds. The first-order valence-electron chi connectivity index (χ1n) is 10.1. The SMILES string of the molecule is O=C(NC12CC3CC(CC(C3)C1)C2)c1cn(CC2CCCNC2)nn1. The topological polar surface area (TPSA) is 71.8 Å². The Morgan fingerprint density at radius 2 is 1.96 bits per heavy atom. The minimum atomic E-state index is -0.0185. The Balaban J connectivity index is 1.24. The molecule has 1 atom stereocenters. The van der Waals surface area contributed by atoms with Gasteiger partial charge in [0, 0.05) is 12.1 Å². The third kappa shape index (κ3) is 3.09. The lowest BCUT2D eigenvalue weighted by atomic mass is 9.53. The number of nitrogens with one attached hydrogen (secondary N) is 2. The summed E-state index contributed by atoms with van der Waals surface area (Å²) in [5.74, 6) is 3.08. The van der Waals surface area contributed by atoms with Crippen LogP contribution in [0.25, 0.3) is 0 Å². The molecule has 4 bridgehead atoms. The zero-order valence-corrected chi connectivity index (χ0v) is 14.9. The minimum Gasteiger partial charge on any atom is -0.345 e. The van der Waals surface area contributed by atoms with Crippen molar-refractivity contribution in [3.8, 4) is 0 Å². The number of hydrogen-bond donors (Lipinski definition) is 2. The lowest BCUT2D eigenvalue weighted by molar-refractivity contribution is -0.0167. The summed E-state index contributed by atoms with van der Waals surface area (Å²) in [5.41, 5.74) is 0.530. The van der Waals surface area contributed by atoms with Crippen molar-refractivity contribution in [2.45, 2.75) is 63.5 Å². The first-order valence-corrected chi connectivity index (χ1v) is 10.1. The quantitative estimate of drug-likeness (QED) is 0.877. The molecule has 0 aromatic carbocycles. The van der Waals surface area contributed by atoms with E-state index < -0.39 is 0 Å². The van der Waals surface area contributed by atoms with E-state index in [4.69, 9.17) is 0 Å². The van der Waals surface area contributed by atoms with Gasteiger partial charge in [0.15, 0.2) is 5.69 Å². The summed E-state index contributed by atoms with van der Waals surface area (Å²) >= 11 is 0. The molecule has 6 nitrogen and oxygen atoms in total. The zero-order chi connectivity index (χ0) is 16.9. The van der Waals surface area contributed by atoms with E-state index in [0.29, 0.717) is 11.6 Å². The first kappa shape index (κ1) is 15.8. The summed E-state index contributed by atoms with van der Waals surface area (Å²) in [7, 11) is 0. The Morgan fingerprint density at radius 3 is 2.60 bits per heavy atom. The van der Waals surface area contributed by atoms with Crippen LogP contribution >= 0.6 is 0 Å². The van der Waals surface area contributed by atoms with E-state index in [0.717, 1.165) is 37.4 Å². The van der Waals surface area contributed by atoms with Crippen LogP contribution in [0.4, 0.5) is 0 Å². The van der Waals surface area contributed by atoms with E-state index in [1.807, 2.05) is 10.9 Å². The third-order valence-corrected chi connectivity index (χ3v) is 7.03. The van der Waals surface area contributed by atoms with E-state index in [1.54, 1.807) is 0 Å². The van der Waals surface area contributed by atoms with Gasteiger partial charge in [-0.1, -0.05) is 5.21 Å². The van der Waals surface area contributed by atoms with Crippen LogP contribution in [0.1, 0.15) is 61.9 Å². The van der Waals surface area contributed by atoms with Crippen molar-refractivity contribution >= 4 is 5.91 Å². The summed E-state index contributed by atoms with van der Waals surface area (Å²) in [6, 6.07) is 0. The average Bonchev–Trinajstić information content (AvgIpc) is 3.03. The number of amides is 1. The number of hydrogen-bond acceptors (Lipinski definition) is 4. The highest BCUT2D eigenvalue weighted by Crippen LogP contribution is 2.55. The first-order chi connectivity index (χ1) is 12.2. The maximum absolute atomic E-state index is 12.8. The molecule has 2 heterocycles. The lowest BCUT2D eigenvalue weighted by Gasteiger charge is -2.56. The highest BCUT2D eigenvalue weighted by molar-refractivity contribution is 5.92. The van der Waals surface area contributed by atoms with Crippen molar-refractivity contribution in [1.29, 1.82) is 0 Å². The molecule has 1 aromatic heterocycles. The van der Waals surface area contributed by atoms with Crippen LogP contribution < -0.4 is 10.6 Å². The number of rotatable bonds is 4. The van der Waals surface area contributed by atoms with E-state index in [-0.39, 0.29) is 11.4 Å². The second kappa shape index (κ2) is 6.08. The highest BCUT2D eigenvalue weighted by atomic mass is 16.2. The fourth-order valence-corrected chi connectivity index (χ4v) is 6.40. The lowest BCUT2D eigenvalue weighted by Crippen LogP contribution is -2.59. The van der Waals surface area contributed by atoms with E-state index in [9.17, 15) is 4.79 Å². The molecule has 4 saturated carbocycles. The molecule has 1 unspecified atom stereocenters. The van der Waals surface area contributed by atoms with Gasteiger partial charge in [0.2, 0.25) is 0 Å². The summed E-state index contributed by atoms with van der Waals surface area (Å²) in [6.07, 6.45) is 12.0. The largest absolute Gasteiger partial charge is 0.345 e. The van der Waals surface area contributed by atoms with Gasteiger partial charge in [-0.25, -0.2) is 0 Å². The van der Waals surface area contributed by atoms with E-state index in [2.05, 4.69) is 20.9 Å². The van der Waals surface area contributed by atoms with Crippen molar-refractivity contribution in [3.05, 3.63) is 11.9 Å². The monoisotopic (exact) mass is 343 g/mol. The molecule has 136 valence electrons. The smallest absolute Gasteiger partial charge is 0.273 e. The van der Waals surface area contributed by atoms with Crippen molar-refractivity contribution in [2.75, 3.05) is 13.1 Å². The van der Waals surface area contributed by atoms with Gasteiger partial charge in [-0.3, -0.25) is 9.48 Å². The fourth-order valence-electron chi connectivity index (χ4n) is 6.40. The van der Waals surface area contributed by atoms with Gasteiger partial charge in [0.25, 0.3) is 5.91 Å². The molecule has 5 fully saturated rings. The molecule has 4 aliphatic carbocycles. The van der Waals surface area contributed by atoms with Crippen molar-refractivity contribution < 1.29 is 4.79 Å². The van der Waals surface area contributed by atoms with Gasteiger partial charge in [-0.2, -0.15) is 0 Å². The zero-order valence-electron chi connectivity index (χ0n) is 14.9. The Morgan fingerprint density at radius 1 is 1.24 bits per heavy atom. The van der Waals surface area contributed by atoms with Crippen LogP contribution in [0.15, 0.2) is 6.20 Å². The van der Waals surface area contributed by atoms with Gasteiger partial charge in [0.05, 0.1) is 6.20 Å². The van der Waals surface area contributed by atoms with E-state index >= 15 is 0 Å². The van der Waals surface area contributed by atoms with Gasteiger partial charge >= 0.3 is 0 Å². The third-order valence-electron chi connectivity index (χ3n) is 7.03. The summed E-state index contributed by atoms with van der Waals surface area (Å²) in [5, 5.41) is 15.2. The average molecular weight is 343 g/mol. The predicted molar refractivity (Wildman–Crippen MR) is 94.0 cm³/mol. The predicted octanol–water partition coefficient (Wildman–Crippen LogP) is 1.98. The van der Waals surface area contributed by atoms with Crippen LogP contribution in [-0.4, -0.2) is 39.5 Å². The molecule has 6 rings (SSSR count). The van der Waals surface area contributed by atoms with Crippen LogP contribution in [0.2, 0.25) is 0 Å². The minimum absolute atomic E-state index is 0.0185. The van der Waals surface area contributed by atoms with E-state index in [1.165, 1.54) is 51.4 Å². The molecular formula is C19H29N5O. The van der Waals surface area contributed by atoms with Gasteiger partial charge in [-0.05, 0) is 88.1 Å². The molecule has 0 radical (unpaired) electrons. The molecular weight excluding hydrogens is 314 g/mol. The number of carbonyl (C=O) groups excluding carboxylic acids is 1. The molecule has 5 aliphatic rings. The number of aromatic nitrogens is 3. The second-order valence-corrected chi connectivity index (χ2v) is 9.19. The molecule has 25 heavy (non-hydrogen) atoms. The standard InChI is InChI=1S/C19H29N5O/c25-18(17-12-24(23-22-17)11-13-2-1-3-20-10-13)21-19-7-14-4-15(8-19)6-16(5-14)9-19/h12-16,20H,1-11H2,(H,21,25). The van der Waals surface area contributed by atoms with Crippen molar-refractivity contribution in [2.24, 2.45) is 23.7 Å². The molecule has 1 aliphatic heterocycles. The van der Waals surface area contributed by atoms with Crippen LogP contribution in [0.3, 0.4) is 0 Å². The van der Waals surface area contributed by atoms with Crippen LogP contribution in [-0.2, 0) is 6.54 Å². The van der Waals surface area contributed by atoms with Crippen LogP contribution in [0.5, 0.6) is 0 Å². The maximum Gasteiger partial charge on any atom is 0.273 e. The van der Waals surface area contributed by atoms with Crippen LogP contribution in [0, 0.1) is 23.7 Å². The Hall–Kier alpha value is -1.43. The molecule has 2 N–H and O–H groups in total.